The third-order valence-electron chi connectivity index (χ3n) is 3.37. The minimum Gasteiger partial charge on any atom is -0.377 e. The predicted octanol–water partition coefficient (Wildman–Crippen LogP) is 4.06. The average molecular weight is 334 g/mol. The van der Waals surface area contributed by atoms with Crippen LogP contribution < -0.4 is 5.73 Å². The summed E-state index contributed by atoms with van der Waals surface area (Å²) in [5.41, 5.74) is 9.16. The molecule has 3 aromatic rings. The van der Waals surface area contributed by atoms with Gasteiger partial charge in [0.1, 0.15) is 0 Å². The van der Waals surface area contributed by atoms with E-state index in [9.17, 15) is 0 Å². The maximum atomic E-state index is 5.89. The molecule has 0 fully saturated rings. The van der Waals surface area contributed by atoms with Crippen LogP contribution in [0.1, 0.15) is 11.1 Å². The van der Waals surface area contributed by atoms with E-state index in [0.29, 0.717) is 5.17 Å². The monoisotopic (exact) mass is 334 g/mol. The Balaban J connectivity index is 1.60. The molecular weight excluding hydrogens is 316 g/mol. The molecule has 0 atom stereocenters. The fourth-order valence-electron chi connectivity index (χ4n) is 2.19. The van der Waals surface area contributed by atoms with Gasteiger partial charge in [0, 0.05) is 23.8 Å². The first kappa shape index (κ1) is 16.1. The largest absolute Gasteiger partial charge is 0.377 e. The van der Waals surface area contributed by atoms with Gasteiger partial charge in [-0.1, -0.05) is 54.2 Å². The van der Waals surface area contributed by atoms with E-state index in [-0.39, 0.29) is 0 Å². The predicted molar refractivity (Wildman–Crippen MR) is 103 cm³/mol. The summed E-state index contributed by atoms with van der Waals surface area (Å²) in [5, 5.41) is 8.59. The summed E-state index contributed by atoms with van der Waals surface area (Å²) in [7, 11) is 0. The summed E-state index contributed by atoms with van der Waals surface area (Å²) in [5.74, 6) is 0.787. The highest BCUT2D eigenvalue weighted by atomic mass is 32.2. The zero-order chi connectivity index (χ0) is 16.6. The highest BCUT2D eigenvalue weighted by Gasteiger charge is 1.97. The van der Waals surface area contributed by atoms with Gasteiger partial charge in [0.15, 0.2) is 5.17 Å². The Labute approximate surface area is 145 Å². The fraction of sp³-hybridized carbons (Fsp3) is 0.0526. The van der Waals surface area contributed by atoms with Crippen molar-refractivity contribution in [1.29, 1.82) is 0 Å². The quantitative estimate of drug-likeness (QED) is 0.434. The Morgan fingerprint density at radius 1 is 1.00 bits per heavy atom. The molecule has 0 aliphatic rings. The lowest BCUT2D eigenvalue weighted by atomic mass is 10.2. The number of rotatable bonds is 5. The van der Waals surface area contributed by atoms with Crippen LogP contribution in [-0.2, 0) is 5.75 Å². The maximum Gasteiger partial charge on any atom is 0.180 e. The van der Waals surface area contributed by atoms with E-state index in [4.69, 9.17) is 5.73 Å². The molecule has 4 nitrogen and oxygen atoms in total. The third-order valence-corrected chi connectivity index (χ3v) is 4.22. The second-order valence-corrected chi connectivity index (χ2v) is 6.14. The van der Waals surface area contributed by atoms with Gasteiger partial charge in [-0.2, -0.15) is 5.10 Å². The average Bonchev–Trinajstić information content (AvgIpc) is 3.16. The van der Waals surface area contributed by atoms with Gasteiger partial charge in [0.2, 0.25) is 0 Å². The Bertz CT molecular complexity index is 824. The van der Waals surface area contributed by atoms with Crippen LogP contribution in [0, 0.1) is 0 Å². The molecule has 0 saturated carbocycles. The van der Waals surface area contributed by atoms with Gasteiger partial charge in [0.05, 0.1) is 6.21 Å². The van der Waals surface area contributed by atoms with Gasteiger partial charge in [-0.15, -0.1) is 5.10 Å². The van der Waals surface area contributed by atoms with Crippen LogP contribution in [0.2, 0.25) is 0 Å². The minimum atomic E-state index is 0.455. The molecule has 0 aliphatic heterocycles. The number of nitrogens with two attached hydrogens (primary N) is 1. The molecular formula is C19H18N4S. The first-order valence-corrected chi connectivity index (χ1v) is 8.56. The van der Waals surface area contributed by atoms with Crippen LogP contribution in [-0.4, -0.2) is 15.9 Å². The summed E-state index contributed by atoms with van der Waals surface area (Å²) in [6.45, 7) is 0. The van der Waals surface area contributed by atoms with E-state index >= 15 is 0 Å². The molecule has 0 spiro atoms. The Morgan fingerprint density at radius 3 is 2.58 bits per heavy atom. The van der Waals surface area contributed by atoms with E-state index < -0.39 is 0 Å². The summed E-state index contributed by atoms with van der Waals surface area (Å²) >= 11 is 1.48. The van der Waals surface area contributed by atoms with Crippen molar-refractivity contribution in [3.8, 4) is 5.69 Å². The Kier molecular flexibility index (Phi) is 5.48. The van der Waals surface area contributed by atoms with Gasteiger partial charge in [-0.25, -0.2) is 0 Å². The normalized spacial score (nSPS) is 11.9. The third kappa shape index (κ3) is 4.60. The zero-order valence-corrected chi connectivity index (χ0v) is 13.9. The number of nitrogens with zero attached hydrogens (tertiary/aromatic N) is 3. The molecule has 2 N–H and O–H groups in total. The first-order chi connectivity index (χ1) is 11.8. The summed E-state index contributed by atoms with van der Waals surface area (Å²) in [4.78, 5) is 0. The lowest BCUT2D eigenvalue weighted by Gasteiger charge is -2.03. The highest BCUT2D eigenvalue weighted by molar-refractivity contribution is 8.13. The molecule has 1 aromatic heterocycles. The standard InChI is InChI=1S/C19H18N4S/c20-19(24-15-16-7-2-1-3-8-16)22-21-14-17-9-6-10-18(13-17)23-11-4-5-12-23/h1-14H,15H2,(H2,20,22). The van der Waals surface area contributed by atoms with Crippen LogP contribution in [0.5, 0.6) is 0 Å². The molecule has 3 rings (SSSR count). The fourth-order valence-corrected chi connectivity index (χ4v) is 2.80. The van der Waals surface area contributed by atoms with Crippen LogP contribution >= 0.6 is 11.8 Å². The smallest absolute Gasteiger partial charge is 0.180 e. The molecule has 2 aromatic carbocycles. The number of aromatic nitrogens is 1. The van der Waals surface area contributed by atoms with Crippen molar-refractivity contribution in [3.05, 3.63) is 90.3 Å². The zero-order valence-electron chi connectivity index (χ0n) is 13.1. The SMILES string of the molecule is NC(=NN=Cc1cccc(-n2cccc2)c1)SCc1ccccc1. The van der Waals surface area contributed by atoms with Crippen molar-refractivity contribution in [3.63, 3.8) is 0 Å². The van der Waals surface area contributed by atoms with Crippen LogP contribution in [0.25, 0.3) is 5.69 Å². The molecule has 5 heteroatoms. The van der Waals surface area contributed by atoms with Crippen molar-refractivity contribution in [1.82, 2.24) is 4.57 Å². The molecule has 0 saturated heterocycles. The van der Waals surface area contributed by atoms with E-state index in [1.165, 1.54) is 17.3 Å². The number of hydrogen-bond donors (Lipinski definition) is 1. The highest BCUT2D eigenvalue weighted by Crippen LogP contribution is 2.12. The number of hydrogen-bond acceptors (Lipinski definition) is 3. The van der Waals surface area contributed by atoms with Crippen molar-refractivity contribution in [2.75, 3.05) is 0 Å². The van der Waals surface area contributed by atoms with Gasteiger partial charge >= 0.3 is 0 Å². The van der Waals surface area contributed by atoms with Gasteiger partial charge in [-0.05, 0) is 35.4 Å². The van der Waals surface area contributed by atoms with Crippen molar-refractivity contribution < 1.29 is 0 Å². The number of thioether (sulfide) groups is 1. The molecule has 120 valence electrons. The van der Waals surface area contributed by atoms with Crippen LogP contribution in [0.3, 0.4) is 0 Å². The summed E-state index contributed by atoms with van der Waals surface area (Å²) < 4.78 is 2.05. The lowest BCUT2D eigenvalue weighted by Crippen LogP contribution is -2.06. The van der Waals surface area contributed by atoms with E-state index in [0.717, 1.165) is 17.0 Å². The second kappa shape index (κ2) is 8.17. The van der Waals surface area contributed by atoms with Crippen molar-refractivity contribution in [2.45, 2.75) is 5.75 Å². The molecule has 0 radical (unpaired) electrons. The molecule has 24 heavy (non-hydrogen) atoms. The van der Waals surface area contributed by atoms with E-state index in [2.05, 4.69) is 22.3 Å². The van der Waals surface area contributed by atoms with Crippen LogP contribution in [0.15, 0.2) is 89.3 Å². The van der Waals surface area contributed by atoms with E-state index in [1.54, 1.807) is 6.21 Å². The van der Waals surface area contributed by atoms with Gasteiger partial charge in [0.25, 0.3) is 0 Å². The summed E-state index contributed by atoms with van der Waals surface area (Å²) in [6, 6.07) is 22.2. The van der Waals surface area contributed by atoms with Crippen LogP contribution in [0.4, 0.5) is 0 Å². The summed E-state index contributed by atoms with van der Waals surface area (Å²) in [6.07, 6.45) is 5.72. The Morgan fingerprint density at radius 2 is 1.79 bits per heavy atom. The maximum absolute atomic E-state index is 5.89. The van der Waals surface area contributed by atoms with Gasteiger partial charge in [-0.3, -0.25) is 0 Å². The molecule has 1 heterocycles. The van der Waals surface area contributed by atoms with E-state index in [1.807, 2.05) is 71.6 Å². The number of amidine groups is 1. The molecule has 0 aliphatic carbocycles. The minimum absolute atomic E-state index is 0.455. The lowest BCUT2D eigenvalue weighted by molar-refractivity contribution is 1.08. The van der Waals surface area contributed by atoms with Crippen molar-refractivity contribution >= 4 is 23.1 Å². The van der Waals surface area contributed by atoms with Gasteiger partial charge < -0.3 is 10.3 Å². The topological polar surface area (TPSA) is 55.7 Å². The molecule has 0 amide bonds. The van der Waals surface area contributed by atoms with Crippen molar-refractivity contribution in [2.24, 2.45) is 15.9 Å². The molecule has 0 bridgehead atoms. The second-order valence-electron chi connectivity index (χ2n) is 5.14. The Hall–Kier alpha value is -2.79. The molecule has 0 unspecified atom stereocenters. The first-order valence-electron chi connectivity index (χ1n) is 7.58. The number of benzene rings is 2.